The van der Waals surface area contributed by atoms with Crippen molar-refractivity contribution < 1.29 is 58.2 Å². The second-order valence-electron chi connectivity index (χ2n) is 19.2. The average molecular weight is 1080 g/mol. The van der Waals surface area contributed by atoms with Crippen LogP contribution in [-0.2, 0) is 54.4 Å². The van der Waals surface area contributed by atoms with Crippen LogP contribution in [0.2, 0.25) is 0 Å². The molecule has 1 unspecified atom stereocenters. The summed E-state index contributed by atoms with van der Waals surface area (Å²) in [4.78, 5) is 139. The summed E-state index contributed by atoms with van der Waals surface area (Å²) < 4.78 is 0. The Kier molecular flexibility index (Phi) is 30.3. The van der Waals surface area contributed by atoms with Crippen LogP contribution >= 0.6 is 0 Å². The zero-order chi connectivity index (χ0) is 56.9. The van der Waals surface area contributed by atoms with E-state index in [1.807, 2.05) is 0 Å². The summed E-state index contributed by atoms with van der Waals surface area (Å²) >= 11 is 0. The Labute approximate surface area is 444 Å². The minimum atomic E-state index is -1.66. The van der Waals surface area contributed by atoms with Crippen LogP contribution in [0.4, 0.5) is 0 Å². The molecule has 0 radical (unpaired) electrons. The molecule has 1 saturated heterocycles. The Morgan fingerprint density at radius 3 is 1.62 bits per heavy atom. The first-order valence-corrected chi connectivity index (χ1v) is 26.0. The summed E-state index contributed by atoms with van der Waals surface area (Å²) in [7, 11) is 0. The molecule has 0 spiro atoms. The van der Waals surface area contributed by atoms with Gasteiger partial charge in [-0.15, -0.1) is 0 Å². The average Bonchev–Trinajstić information content (AvgIpc) is 3.36. The molecule has 428 valence electrons. The fourth-order valence-corrected chi connectivity index (χ4v) is 8.03. The number of unbranched alkanes of at least 4 members (excludes halogenated alkanes) is 2. The lowest BCUT2D eigenvalue weighted by Crippen LogP contribution is -2.61. The lowest BCUT2D eigenvalue weighted by atomic mass is 10.00. The quantitative estimate of drug-likeness (QED) is 0.0428. The molecule has 0 aliphatic carbocycles. The SMILES string of the molecule is CC(C)C[C@@H]1NC(=O)[C@@H](Cc2ccccc2)NC(=O)[C@H](CCN)NC(=O)[C@@H](NC(=O)[C@H](CCN)NC(=O)[C@@H](NC(=O)CCCCCN)C(C)O)CCNC(=O)[C@H]([C@H](C)O)NC(=O)[C@H](CCN)NC(=O)[C@H](CCN)NC1=O. The molecule has 10 amide bonds. The van der Waals surface area contributed by atoms with E-state index in [1.165, 1.54) is 13.8 Å². The minimum absolute atomic E-state index is 0.0332. The maximum absolute atomic E-state index is 14.4. The van der Waals surface area contributed by atoms with Crippen LogP contribution in [-0.4, -0.2) is 175 Å². The molecular formula is C49H85N15O12. The van der Waals surface area contributed by atoms with Crippen molar-refractivity contribution in [2.75, 3.05) is 39.3 Å². The van der Waals surface area contributed by atoms with E-state index in [4.69, 9.17) is 28.7 Å². The number of carbonyl (C=O) groups excluding carboxylic acids is 10. The van der Waals surface area contributed by atoms with Crippen LogP contribution in [0, 0.1) is 5.92 Å². The van der Waals surface area contributed by atoms with E-state index in [0.717, 1.165) is 0 Å². The van der Waals surface area contributed by atoms with Crippen molar-refractivity contribution in [3.8, 4) is 0 Å². The van der Waals surface area contributed by atoms with Gasteiger partial charge in [0.2, 0.25) is 59.1 Å². The fraction of sp³-hybridized carbons (Fsp3) is 0.673. The van der Waals surface area contributed by atoms with Gasteiger partial charge in [-0.2, -0.15) is 0 Å². The number of nitrogens with one attached hydrogen (secondary N) is 10. The van der Waals surface area contributed by atoms with Gasteiger partial charge in [-0.1, -0.05) is 50.6 Å². The standard InChI is InChI=1S/C49H85N15O12/c1-27(2)25-36-46(73)58-31(14-20-51)41(68)57-34(17-23-54)45(72)64-39(28(3)65)48(75)55-24-18-35(44(71)56-32(15-21-52)43(70)62-37(47(74)61-36)26-30-11-7-5-8-12-30)59-42(69)33(16-22-53)60-49(76)40(29(4)66)63-38(67)13-9-6-10-19-50/h5,7-8,11-12,27-29,31-37,39-40,65-66H,6,9-10,13-26,50-54H2,1-4H3,(H,55,75)(H,56,71)(H,57,68)(H,58,73)(H,59,69)(H,60,76)(H,61,74)(H,62,70)(H,63,67)(H,64,72)/t28-,29?,31-,32-,33-,34-,35-,36-,37+,39-,40-/m0/s1. The zero-order valence-corrected chi connectivity index (χ0v) is 44.2. The Balaban J connectivity index is 2.71. The van der Waals surface area contributed by atoms with Crippen LogP contribution in [0.25, 0.3) is 0 Å². The highest BCUT2D eigenvalue weighted by Crippen LogP contribution is 2.11. The summed E-state index contributed by atoms with van der Waals surface area (Å²) in [6, 6.07) is -4.53. The van der Waals surface area contributed by atoms with Gasteiger partial charge in [0.1, 0.15) is 54.4 Å². The highest BCUT2D eigenvalue weighted by atomic mass is 16.3. The van der Waals surface area contributed by atoms with Crippen molar-refractivity contribution in [1.29, 1.82) is 0 Å². The van der Waals surface area contributed by atoms with Gasteiger partial charge < -0.3 is 92.0 Å². The van der Waals surface area contributed by atoms with E-state index in [-0.39, 0.29) is 77.0 Å². The Bertz CT molecular complexity index is 2050. The summed E-state index contributed by atoms with van der Waals surface area (Å²) in [5, 5.41) is 46.7. The molecule has 1 aromatic carbocycles. The van der Waals surface area contributed by atoms with Gasteiger partial charge in [0.05, 0.1) is 12.2 Å². The number of aliphatic hydroxyl groups excluding tert-OH is 2. The van der Waals surface area contributed by atoms with Crippen LogP contribution in [0.5, 0.6) is 0 Å². The highest BCUT2D eigenvalue weighted by molar-refractivity contribution is 5.99. The number of hydrogen-bond donors (Lipinski definition) is 17. The number of aliphatic hydroxyl groups is 2. The van der Waals surface area contributed by atoms with Crippen LogP contribution in [0.1, 0.15) is 97.5 Å². The molecule has 0 saturated carbocycles. The summed E-state index contributed by atoms with van der Waals surface area (Å²) in [6.45, 7) is 5.48. The van der Waals surface area contributed by atoms with Gasteiger partial charge in [-0.25, -0.2) is 0 Å². The molecule has 27 heteroatoms. The van der Waals surface area contributed by atoms with Crippen molar-refractivity contribution in [2.24, 2.45) is 34.6 Å². The number of nitrogens with two attached hydrogens (primary N) is 5. The first-order valence-electron chi connectivity index (χ1n) is 26.0. The van der Waals surface area contributed by atoms with Crippen LogP contribution < -0.4 is 81.8 Å². The fourth-order valence-electron chi connectivity index (χ4n) is 8.03. The monoisotopic (exact) mass is 1080 g/mol. The lowest BCUT2D eigenvalue weighted by molar-refractivity contribution is -0.136. The van der Waals surface area contributed by atoms with Crippen molar-refractivity contribution in [2.45, 2.75) is 165 Å². The Morgan fingerprint density at radius 2 is 1.11 bits per heavy atom. The molecule has 1 aromatic rings. The van der Waals surface area contributed by atoms with E-state index in [9.17, 15) is 58.2 Å². The predicted molar refractivity (Wildman–Crippen MR) is 280 cm³/mol. The topological polar surface area (TPSA) is 462 Å². The van der Waals surface area contributed by atoms with Gasteiger partial charge in [0, 0.05) is 19.4 Å². The minimum Gasteiger partial charge on any atom is -0.391 e. The second kappa shape index (κ2) is 35.1. The molecule has 1 fully saturated rings. The van der Waals surface area contributed by atoms with Gasteiger partial charge in [-0.3, -0.25) is 47.9 Å². The normalized spacial score (nSPS) is 23.4. The third-order valence-corrected chi connectivity index (χ3v) is 12.2. The summed E-state index contributed by atoms with van der Waals surface area (Å²) in [6.07, 6.45) is -2.28. The third-order valence-electron chi connectivity index (χ3n) is 12.2. The molecule has 27 nitrogen and oxygen atoms in total. The van der Waals surface area contributed by atoms with Crippen LogP contribution in [0.15, 0.2) is 30.3 Å². The van der Waals surface area contributed by atoms with E-state index in [1.54, 1.807) is 44.2 Å². The summed E-state index contributed by atoms with van der Waals surface area (Å²) in [5.74, 6) is -8.91. The van der Waals surface area contributed by atoms with Gasteiger partial charge in [-0.05, 0) is 109 Å². The predicted octanol–water partition coefficient (Wildman–Crippen LogP) is -6.17. The lowest BCUT2D eigenvalue weighted by Gasteiger charge is -2.28. The third kappa shape index (κ3) is 23.3. The summed E-state index contributed by atoms with van der Waals surface area (Å²) in [5.41, 5.74) is 29.6. The van der Waals surface area contributed by atoms with Gasteiger partial charge >= 0.3 is 0 Å². The van der Waals surface area contributed by atoms with Crippen molar-refractivity contribution in [3.63, 3.8) is 0 Å². The highest BCUT2D eigenvalue weighted by Gasteiger charge is 2.37. The largest absolute Gasteiger partial charge is 0.391 e. The van der Waals surface area contributed by atoms with Crippen molar-refractivity contribution in [3.05, 3.63) is 35.9 Å². The molecular weight excluding hydrogens is 991 g/mol. The smallest absolute Gasteiger partial charge is 0.245 e. The zero-order valence-electron chi connectivity index (χ0n) is 44.2. The molecule has 0 bridgehead atoms. The Morgan fingerprint density at radius 1 is 0.592 bits per heavy atom. The molecule has 2 rings (SSSR count). The van der Waals surface area contributed by atoms with E-state index < -0.39 is 139 Å². The molecule has 1 aliphatic heterocycles. The molecule has 1 aliphatic rings. The van der Waals surface area contributed by atoms with E-state index in [2.05, 4.69) is 53.2 Å². The number of benzene rings is 1. The number of hydrogen-bond acceptors (Lipinski definition) is 17. The van der Waals surface area contributed by atoms with E-state index >= 15 is 0 Å². The number of amides is 10. The van der Waals surface area contributed by atoms with Crippen LogP contribution in [0.3, 0.4) is 0 Å². The molecule has 22 N–H and O–H groups in total. The van der Waals surface area contributed by atoms with Gasteiger partial charge in [0.15, 0.2) is 0 Å². The maximum atomic E-state index is 14.4. The van der Waals surface area contributed by atoms with E-state index in [0.29, 0.717) is 31.4 Å². The van der Waals surface area contributed by atoms with Crippen molar-refractivity contribution >= 4 is 59.1 Å². The first kappa shape index (κ1) is 65.8. The number of carbonyl (C=O) groups is 10. The second-order valence-corrected chi connectivity index (χ2v) is 19.2. The first-order chi connectivity index (χ1) is 36.1. The molecule has 11 atom stereocenters. The molecule has 76 heavy (non-hydrogen) atoms. The number of rotatable bonds is 24. The molecule has 0 aromatic heterocycles. The Hall–Kier alpha value is -6.36. The molecule has 1 heterocycles. The van der Waals surface area contributed by atoms with Gasteiger partial charge in [0.25, 0.3) is 0 Å². The van der Waals surface area contributed by atoms with Crippen molar-refractivity contribution in [1.82, 2.24) is 53.2 Å². The maximum Gasteiger partial charge on any atom is 0.245 e.